The van der Waals surface area contributed by atoms with E-state index in [0.29, 0.717) is 28.3 Å². The SMILES string of the molecule is CC(C)P(c1ccccc1C(P)c1ccccc1P(C(C)C)C(C)C)C(C)C. The molecular formula is C25H39P3. The van der Waals surface area contributed by atoms with Gasteiger partial charge in [-0.3, -0.25) is 0 Å². The van der Waals surface area contributed by atoms with Crippen LogP contribution in [0.1, 0.15) is 72.2 Å². The molecular weight excluding hydrogens is 393 g/mol. The molecule has 0 fully saturated rings. The van der Waals surface area contributed by atoms with Crippen LogP contribution in [-0.4, -0.2) is 22.6 Å². The van der Waals surface area contributed by atoms with Crippen molar-refractivity contribution in [2.75, 3.05) is 0 Å². The zero-order valence-corrected chi connectivity index (χ0v) is 21.9. The number of rotatable bonds is 8. The molecule has 2 aromatic carbocycles. The number of hydrogen-bond donors (Lipinski definition) is 0. The van der Waals surface area contributed by atoms with Gasteiger partial charge < -0.3 is 0 Å². The van der Waals surface area contributed by atoms with Crippen molar-refractivity contribution in [1.82, 2.24) is 0 Å². The third-order valence-corrected chi connectivity index (χ3v) is 12.4. The largest absolute Gasteiger partial charge is 0.125 e. The summed E-state index contributed by atoms with van der Waals surface area (Å²) in [6, 6.07) is 18.5. The fourth-order valence-electron chi connectivity index (χ4n) is 4.44. The summed E-state index contributed by atoms with van der Waals surface area (Å²) in [6.45, 7) is 19.2. The van der Waals surface area contributed by atoms with Gasteiger partial charge in [-0.1, -0.05) is 120 Å². The van der Waals surface area contributed by atoms with Crippen LogP contribution in [-0.2, 0) is 0 Å². The van der Waals surface area contributed by atoms with Gasteiger partial charge in [-0.05, 0) is 44.4 Å². The number of benzene rings is 2. The highest BCUT2D eigenvalue weighted by Gasteiger charge is 2.27. The van der Waals surface area contributed by atoms with Crippen LogP contribution in [0, 0.1) is 0 Å². The Labute approximate surface area is 179 Å². The van der Waals surface area contributed by atoms with Crippen molar-refractivity contribution >= 4 is 35.7 Å². The second-order valence-corrected chi connectivity index (χ2v) is 16.2. The Hall–Kier alpha value is -0.270. The maximum atomic E-state index is 3.19. The molecule has 3 heteroatoms. The van der Waals surface area contributed by atoms with Crippen LogP contribution < -0.4 is 10.6 Å². The first-order chi connectivity index (χ1) is 13.2. The van der Waals surface area contributed by atoms with Crippen LogP contribution in [0.3, 0.4) is 0 Å². The summed E-state index contributed by atoms with van der Waals surface area (Å²) < 4.78 is 0. The fraction of sp³-hybridized carbons (Fsp3) is 0.520. The van der Waals surface area contributed by atoms with E-state index in [-0.39, 0.29) is 15.8 Å². The maximum Gasteiger partial charge on any atom is 0.0246 e. The molecule has 28 heavy (non-hydrogen) atoms. The fourth-order valence-corrected chi connectivity index (χ4v) is 11.5. The lowest BCUT2D eigenvalue weighted by Gasteiger charge is -2.32. The highest BCUT2D eigenvalue weighted by atomic mass is 31.1. The van der Waals surface area contributed by atoms with Crippen LogP contribution in [0.2, 0.25) is 0 Å². The molecule has 0 saturated carbocycles. The zero-order chi connectivity index (χ0) is 21.0. The lowest BCUT2D eigenvalue weighted by Crippen LogP contribution is -2.23. The minimum Gasteiger partial charge on any atom is -0.125 e. The molecule has 1 atom stereocenters. The molecule has 0 heterocycles. The average molecular weight is 433 g/mol. The highest BCUT2D eigenvalue weighted by Crippen LogP contribution is 2.50. The Morgan fingerprint density at radius 3 is 1.11 bits per heavy atom. The number of hydrogen-bond acceptors (Lipinski definition) is 0. The summed E-state index contributed by atoms with van der Waals surface area (Å²) in [5, 5.41) is 3.19. The molecule has 0 N–H and O–H groups in total. The van der Waals surface area contributed by atoms with E-state index >= 15 is 0 Å². The minimum absolute atomic E-state index is 0.175. The predicted octanol–water partition coefficient (Wildman–Crippen LogP) is 7.50. The van der Waals surface area contributed by atoms with Crippen LogP contribution in [0.4, 0.5) is 0 Å². The van der Waals surface area contributed by atoms with Gasteiger partial charge in [0.2, 0.25) is 0 Å². The highest BCUT2D eigenvalue weighted by molar-refractivity contribution is 7.67. The van der Waals surface area contributed by atoms with Gasteiger partial charge >= 0.3 is 0 Å². The second kappa shape index (κ2) is 10.7. The van der Waals surface area contributed by atoms with Crippen molar-refractivity contribution in [2.24, 2.45) is 0 Å². The molecule has 2 aromatic rings. The Kier molecular flexibility index (Phi) is 9.14. The van der Waals surface area contributed by atoms with Crippen LogP contribution >= 0.6 is 25.1 Å². The normalized spacial score (nSPS) is 12.6. The topological polar surface area (TPSA) is 0 Å². The molecule has 0 radical (unpaired) electrons. The van der Waals surface area contributed by atoms with Gasteiger partial charge in [0, 0.05) is 5.66 Å². The smallest absolute Gasteiger partial charge is 0.0246 e. The van der Waals surface area contributed by atoms with Gasteiger partial charge in [-0.2, -0.15) is 0 Å². The lowest BCUT2D eigenvalue weighted by atomic mass is 10.0. The minimum atomic E-state index is -0.175. The van der Waals surface area contributed by atoms with E-state index < -0.39 is 0 Å². The van der Waals surface area contributed by atoms with E-state index in [4.69, 9.17) is 0 Å². The van der Waals surface area contributed by atoms with Crippen LogP contribution in [0.15, 0.2) is 48.5 Å². The molecule has 1 unspecified atom stereocenters. The Balaban J connectivity index is 2.59. The summed E-state index contributed by atoms with van der Waals surface area (Å²) in [5.74, 6) is 0. The maximum absolute atomic E-state index is 3.19. The standard InChI is InChI=1S/C25H39P3/c1-17(2)27(18(3)4)23-15-11-9-13-21(23)25(26)22-14-10-12-16-24(22)28(19(5)6)20(7)8/h9-20,25H,26H2,1-8H3. The first-order valence-electron chi connectivity index (χ1n) is 10.7. The summed E-state index contributed by atoms with van der Waals surface area (Å²) in [5.41, 5.74) is 6.18. The second-order valence-electron chi connectivity index (χ2n) is 8.78. The van der Waals surface area contributed by atoms with Gasteiger partial charge in [0.15, 0.2) is 0 Å². The Morgan fingerprint density at radius 2 is 0.821 bits per heavy atom. The quantitative estimate of drug-likeness (QED) is 0.379. The van der Waals surface area contributed by atoms with Crippen molar-refractivity contribution in [3.05, 3.63) is 59.7 Å². The third-order valence-electron chi connectivity index (χ3n) is 5.33. The van der Waals surface area contributed by atoms with E-state index in [0.717, 1.165) is 0 Å². The average Bonchev–Trinajstić information content (AvgIpc) is 2.61. The monoisotopic (exact) mass is 432 g/mol. The van der Waals surface area contributed by atoms with E-state index in [1.54, 1.807) is 10.6 Å². The van der Waals surface area contributed by atoms with Gasteiger partial charge in [0.05, 0.1) is 0 Å². The summed E-state index contributed by atoms with van der Waals surface area (Å²) in [6.07, 6.45) is 0. The molecule has 0 aromatic heterocycles. The van der Waals surface area contributed by atoms with Crippen LogP contribution in [0.25, 0.3) is 0 Å². The zero-order valence-electron chi connectivity index (χ0n) is 19.0. The molecule has 0 aliphatic heterocycles. The molecule has 0 aliphatic carbocycles. The molecule has 0 saturated heterocycles. The Bertz CT molecular complexity index is 669. The van der Waals surface area contributed by atoms with Gasteiger partial charge in [-0.25, -0.2) is 0 Å². The molecule has 0 bridgehead atoms. The molecule has 154 valence electrons. The van der Waals surface area contributed by atoms with Crippen molar-refractivity contribution in [2.45, 2.75) is 83.7 Å². The molecule has 0 spiro atoms. The van der Waals surface area contributed by atoms with E-state index in [2.05, 4.69) is 113 Å². The van der Waals surface area contributed by atoms with Crippen LogP contribution in [0.5, 0.6) is 0 Å². The van der Waals surface area contributed by atoms with E-state index in [1.165, 1.54) is 11.1 Å². The van der Waals surface area contributed by atoms with Crippen molar-refractivity contribution in [3.8, 4) is 0 Å². The van der Waals surface area contributed by atoms with Gasteiger partial charge in [0.25, 0.3) is 0 Å². The molecule has 0 amide bonds. The van der Waals surface area contributed by atoms with E-state index in [1.807, 2.05) is 0 Å². The molecule has 0 nitrogen and oxygen atoms in total. The predicted molar refractivity (Wildman–Crippen MR) is 138 cm³/mol. The molecule has 0 aliphatic rings. The summed E-state index contributed by atoms with van der Waals surface area (Å²) in [7, 11) is 2.84. The van der Waals surface area contributed by atoms with Gasteiger partial charge in [-0.15, -0.1) is 9.24 Å². The summed E-state index contributed by atoms with van der Waals surface area (Å²) in [4.78, 5) is 0. The lowest BCUT2D eigenvalue weighted by molar-refractivity contribution is 1.01. The summed E-state index contributed by atoms with van der Waals surface area (Å²) >= 11 is 0. The molecule has 2 rings (SSSR count). The third kappa shape index (κ3) is 5.45. The first-order valence-corrected chi connectivity index (χ1v) is 14.3. The first kappa shape index (κ1) is 24.0. The van der Waals surface area contributed by atoms with Crippen molar-refractivity contribution in [1.29, 1.82) is 0 Å². The van der Waals surface area contributed by atoms with E-state index in [9.17, 15) is 0 Å². The van der Waals surface area contributed by atoms with Crippen molar-refractivity contribution < 1.29 is 0 Å². The Morgan fingerprint density at radius 1 is 0.536 bits per heavy atom. The van der Waals surface area contributed by atoms with Gasteiger partial charge in [0.1, 0.15) is 0 Å². The van der Waals surface area contributed by atoms with Crippen molar-refractivity contribution in [3.63, 3.8) is 0 Å².